The lowest BCUT2D eigenvalue weighted by atomic mass is 9.93. The van der Waals surface area contributed by atoms with Crippen molar-refractivity contribution in [3.8, 4) is 12.1 Å². The fraction of sp³-hybridized carbons (Fsp3) is 0.400. The number of rotatable bonds is 3. The van der Waals surface area contributed by atoms with Crippen LogP contribution in [0.2, 0.25) is 10.0 Å². The van der Waals surface area contributed by atoms with Gasteiger partial charge in [0.25, 0.3) is 5.91 Å². The molecule has 1 aromatic carbocycles. The van der Waals surface area contributed by atoms with Crippen molar-refractivity contribution < 1.29 is 9.47 Å². The van der Waals surface area contributed by atoms with Gasteiger partial charge in [-0.3, -0.25) is 0 Å². The van der Waals surface area contributed by atoms with Crippen LogP contribution in [0.15, 0.2) is 23.2 Å². The molecule has 1 aromatic rings. The summed E-state index contributed by atoms with van der Waals surface area (Å²) in [7, 11) is 2.69. The second kappa shape index (κ2) is 4.83. The first-order valence-corrected chi connectivity index (χ1v) is 7.40. The highest BCUT2D eigenvalue weighted by Crippen LogP contribution is 2.82. The van der Waals surface area contributed by atoms with Gasteiger partial charge in [-0.25, -0.2) is 4.99 Å². The van der Waals surface area contributed by atoms with E-state index in [-0.39, 0.29) is 5.84 Å². The molecule has 0 amide bonds. The molecular formula is C15H12Cl2N4O2. The highest BCUT2D eigenvalue weighted by Gasteiger charge is 2.94. The summed E-state index contributed by atoms with van der Waals surface area (Å²) in [4.78, 5) is 4.13. The summed E-state index contributed by atoms with van der Waals surface area (Å²) >= 11 is 12.6. The fourth-order valence-electron chi connectivity index (χ4n) is 3.74. The lowest BCUT2D eigenvalue weighted by Gasteiger charge is -2.29. The molecule has 0 unspecified atom stereocenters. The van der Waals surface area contributed by atoms with Crippen molar-refractivity contribution in [2.45, 2.75) is 11.8 Å². The first-order valence-electron chi connectivity index (χ1n) is 6.65. The predicted octanol–water partition coefficient (Wildman–Crippen LogP) is 2.43. The van der Waals surface area contributed by atoms with Crippen molar-refractivity contribution in [1.29, 1.82) is 10.5 Å². The van der Waals surface area contributed by atoms with Crippen molar-refractivity contribution in [1.82, 2.24) is 0 Å². The van der Waals surface area contributed by atoms with Gasteiger partial charge in [0, 0.05) is 30.2 Å². The Morgan fingerprint density at radius 1 is 1.17 bits per heavy atom. The number of methoxy groups -OCH3 is 2. The molecule has 3 atom stereocenters. The summed E-state index contributed by atoms with van der Waals surface area (Å²) in [5.74, 6) is -2.41. The van der Waals surface area contributed by atoms with Gasteiger partial charge in [-0.1, -0.05) is 29.3 Å². The number of halogens is 2. The number of ether oxygens (including phenoxy) is 2. The highest BCUT2D eigenvalue weighted by molar-refractivity contribution is 6.36. The van der Waals surface area contributed by atoms with E-state index in [1.54, 1.807) is 18.2 Å². The van der Waals surface area contributed by atoms with Crippen LogP contribution in [0.1, 0.15) is 11.5 Å². The Morgan fingerprint density at radius 3 is 2.17 bits per heavy atom. The van der Waals surface area contributed by atoms with E-state index in [0.717, 1.165) is 0 Å². The van der Waals surface area contributed by atoms with Gasteiger partial charge in [-0.05, 0) is 17.7 Å². The molecule has 0 saturated heterocycles. The van der Waals surface area contributed by atoms with Crippen LogP contribution in [-0.4, -0.2) is 26.0 Å². The first-order chi connectivity index (χ1) is 10.9. The van der Waals surface area contributed by atoms with E-state index in [1.807, 2.05) is 0 Å². The summed E-state index contributed by atoms with van der Waals surface area (Å²) < 4.78 is 10.8. The number of nitrogens with two attached hydrogens (primary N) is 1. The van der Waals surface area contributed by atoms with E-state index >= 15 is 0 Å². The van der Waals surface area contributed by atoms with Crippen molar-refractivity contribution in [3.05, 3.63) is 33.8 Å². The molecule has 0 bridgehead atoms. The molecule has 0 aromatic heterocycles. The maximum absolute atomic E-state index is 9.92. The minimum atomic E-state index is -1.69. The minimum Gasteiger partial charge on any atom is -0.386 e. The van der Waals surface area contributed by atoms with Crippen LogP contribution >= 0.6 is 23.2 Å². The van der Waals surface area contributed by atoms with Crippen LogP contribution in [0.3, 0.4) is 0 Å². The standard InChI is InChI=1S/C15H12Cl2N4O2/c1-22-15(23-2)14(7-19)11(13(14,6-18)12(20)21-15)10-8(16)4-3-5-9(10)17/h3-5,11H,1-2H3,(H2,20,21)/t11-,13+,14+/m0/s1. The Bertz CT molecular complexity index is 788. The molecule has 23 heavy (non-hydrogen) atoms. The average molecular weight is 351 g/mol. The molecule has 0 radical (unpaired) electrons. The molecule has 1 aliphatic heterocycles. The number of hydrogen-bond acceptors (Lipinski definition) is 6. The molecule has 0 spiro atoms. The number of benzene rings is 1. The van der Waals surface area contributed by atoms with Gasteiger partial charge < -0.3 is 15.2 Å². The largest absolute Gasteiger partial charge is 0.386 e. The van der Waals surface area contributed by atoms with Crippen LogP contribution < -0.4 is 5.73 Å². The second-order valence-electron chi connectivity index (χ2n) is 5.40. The third-order valence-corrected chi connectivity index (χ3v) is 5.43. The molecule has 6 nitrogen and oxygen atoms in total. The van der Waals surface area contributed by atoms with E-state index in [2.05, 4.69) is 17.1 Å². The topological polar surface area (TPSA) is 104 Å². The molecular weight excluding hydrogens is 339 g/mol. The van der Waals surface area contributed by atoms with Gasteiger partial charge >= 0.3 is 0 Å². The van der Waals surface area contributed by atoms with Crippen LogP contribution in [0.25, 0.3) is 0 Å². The van der Waals surface area contributed by atoms with Crippen LogP contribution in [-0.2, 0) is 9.47 Å². The molecule has 1 saturated carbocycles. The van der Waals surface area contributed by atoms with Crippen LogP contribution in [0, 0.1) is 33.5 Å². The Morgan fingerprint density at radius 2 is 1.74 bits per heavy atom. The summed E-state index contributed by atoms with van der Waals surface area (Å²) in [6.07, 6.45) is 0. The monoisotopic (exact) mass is 350 g/mol. The number of nitriles is 2. The smallest absolute Gasteiger partial charge is 0.292 e. The zero-order valence-electron chi connectivity index (χ0n) is 12.3. The van der Waals surface area contributed by atoms with Gasteiger partial charge in [-0.15, -0.1) is 0 Å². The maximum atomic E-state index is 9.92. The molecule has 8 heteroatoms. The minimum absolute atomic E-state index is 0.0220. The van der Waals surface area contributed by atoms with E-state index < -0.39 is 22.7 Å². The predicted molar refractivity (Wildman–Crippen MR) is 83.7 cm³/mol. The van der Waals surface area contributed by atoms with Gasteiger partial charge in [0.1, 0.15) is 11.3 Å². The number of nitrogens with zero attached hydrogens (tertiary/aromatic N) is 3. The normalized spacial score (nSPS) is 33.3. The average Bonchev–Trinajstić information content (AvgIpc) is 3.09. The highest BCUT2D eigenvalue weighted by atomic mass is 35.5. The summed E-state index contributed by atoms with van der Waals surface area (Å²) in [6.45, 7) is 0. The van der Waals surface area contributed by atoms with Crippen LogP contribution in [0.4, 0.5) is 0 Å². The Kier molecular flexibility index (Phi) is 3.37. The molecule has 118 valence electrons. The Hall–Kier alpha value is -1.83. The number of hydrogen-bond donors (Lipinski definition) is 1. The second-order valence-corrected chi connectivity index (χ2v) is 6.21. The zero-order valence-corrected chi connectivity index (χ0v) is 13.8. The summed E-state index contributed by atoms with van der Waals surface area (Å²) in [5.41, 5.74) is 3.62. The van der Waals surface area contributed by atoms with E-state index in [1.165, 1.54) is 14.2 Å². The van der Waals surface area contributed by atoms with Gasteiger partial charge in [-0.2, -0.15) is 10.5 Å². The van der Waals surface area contributed by atoms with Crippen LogP contribution in [0.5, 0.6) is 0 Å². The third kappa shape index (κ3) is 1.48. The number of amidine groups is 1. The molecule has 1 heterocycles. The van der Waals surface area contributed by atoms with E-state index in [0.29, 0.717) is 15.6 Å². The fourth-order valence-corrected chi connectivity index (χ4v) is 4.36. The Balaban J connectivity index is 2.33. The maximum Gasteiger partial charge on any atom is 0.292 e. The Labute approximate surface area is 143 Å². The number of aliphatic imine (C=N–C) groups is 1. The van der Waals surface area contributed by atoms with Crippen molar-refractivity contribution >= 4 is 29.0 Å². The van der Waals surface area contributed by atoms with Gasteiger partial charge in [0.2, 0.25) is 0 Å². The molecule has 1 fully saturated rings. The van der Waals surface area contributed by atoms with Crippen molar-refractivity contribution in [2.75, 3.05) is 14.2 Å². The summed E-state index contributed by atoms with van der Waals surface area (Å²) in [6, 6.07) is 9.24. The number of fused-ring (bicyclic) bond motifs is 1. The summed E-state index contributed by atoms with van der Waals surface area (Å²) in [5, 5.41) is 20.4. The third-order valence-electron chi connectivity index (χ3n) is 4.77. The first kappa shape index (κ1) is 16.0. The lowest BCUT2D eigenvalue weighted by Crippen LogP contribution is -2.41. The van der Waals surface area contributed by atoms with Crippen molar-refractivity contribution in [3.63, 3.8) is 0 Å². The quantitative estimate of drug-likeness (QED) is 0.842. The molecule has 2 N–H and O–H groups in total. The lowest BCUT2D eigenvalue weighted by molar-refractivity contribution is -0.230. The van der Waals surface area contributed by atoms with Gasteiger partial charge in [0.15, 0.2) is 5.41 Å². The SMILES string of the molecule is COC1(OC)N=C(N)[C@@]2(C#N)[C@H](c3c(Cl)cccc3Cl)[C@@]12C#N. The molecule has 3 rings (SSSR count). The molecule has 2 aliphatic rings. The van der Waals surface area contributed by atoms with E-state index in [9.17, 15) is 10.5 Å². The van der Waals surface area contributed by atoms with Gasteiger partial charge in [0.05, 0.1) is 12.1 Å². The van der Waals surface area contributed by atoms with Crippen molar-refractivity contribution in [2.24, 2.45) is 21.6 Å². The zero-order chi connectivity index (χ0) is 17.0. The molecule has 1 aliphatic carbocycles. The van der Waals surface area contributed by atoms with E-state index in [4.69, 9.17) is 38.4 Å².